The Morgan fingerprint density at radius 1 is 1.17 bits per heavy atom. The third-order valence-electron chi connectivity index (χ3n) is 5.50. The van der Waals surface area contributed by atoms with Crippen molar-refractivity contribution in [2.45, 2.75) is 70.3 Å². The number of carbonyl (C=O) groups excluding carboxylic acids is 1. The minimum Gasteiger partial charge on any atom is -0.351 e. The molecule has 0 aliphatic heterocycles. The Labute approximate surface area is 144 Å². The second kappa shape index (κ2) is 8.29. The van der Waals surface area contributed by atoms with Gasteiger partial charge in [-0.25, -0.2) is 0 Å². The van der Waals surface area contributed by atoms with E-state index in [-0.39, 0.29) is 5.91 Å². The molecule has 2 aliphatic rings. The van der Waals surface area contributed by atoms with Crippen LogP contribution in [0.2, 0.25) is 0 Å². The number of carbonyl (C=O) groups is 1. The molecule has 0 aromatic carbocycles. The lowest BCUT2D eigenvalue weighted by molar-refractivity contribution is 0.0944. The van der Waals surface area contributed by atoms with E-state index < -0.39 is 0 Å². The third kappa shape index (κ3) is 4.36. The number of hydrogen-bond donors (Lipinski definition) is 1. The largest absolute Gasteiger partial charge is 0.351 e. The van der Waals surface area contributed by atoms with Crippen LogP contribution in [-0.4, -0.2) is 37.0 Å². The predicted molar refractivity (Wildman–Crippen MR) is 97.4 cm³/mol. The van der Waals surface area contributed by atoms with Crippen LogP contribution in [0.4, 0.5) is 0 Å². The van der Waals surface area contributed by atoms with E-state index in [0.717, 1.165) is 37.5 Å². The van der Waals surface area contributed by atoms with Crippen LogP contribution in [0.3, 0.4) is 0 Å². The van der Waals surface area contributed by atoms with Gasteiger partial charge in [-0.15, -0.1) is 11.3 Å². The molecule has 1 amide bonds. The summed E-state index contributed by atoms with van der Waals surface area (Å²) < 4.78 is 0. The molecule has 0 saturated heterocycles. The molecule has 0 spiro atoms. The van der Waals surface area contributed by atoms with Gasteiger partial charge in [-0.05, 0) is 51.1 Å². The van der Waals surface area contributed by atoms with Gasteiger partial charge in [0.25, 0.3) is 5.91 Å². The number of nitrogens with zero attached hydrogens (tertiary/aromatic N) is 1. The molecule has 3 nitrogen and oxygen atoms in total. The van der Waals surface area contributed by atoms with Crippen molar-refractivity contribution < 1.29 is 4.79 Å². The molecule has 128 valence electrons. The summed E-state index contributed by atoms with van der Waals surface area (Å²) in [5.74, 6) is 0.140. The van der Waals surface area contributed by atoms with E-state index in [1.807, 2.05) is 0 Å². The molecule has 1 N–H and O–H groups in total. The Hall–Kier alpha value is -0.870. The van der Waals surface area contributed by atoms with Crippen LogP contribution in [0.25, 0.3) is 0 Å². The smallest absolute Gasteiger partial charge is 0.252 e. The van der Waals surface area contributed by atoms with Crippen LogP contribution in [0, 0.1) is 0 Å². The average molecular weight is 335 g/mol. The Bertz CT molecular complexity index is 519. The van der Waals surface area contributed by atoms with Crippen LogP contribution in [0.1, 0.15) is 72.2 Å². The van der Waals surface area contributed by atoms with E-state index in [0.29, 0.717) is 0 Å². The molecule has 0 radical (unpaired) electrons. The number of rotatable bonds is 5. The van der Waals surface area contributed by atoms with Crippen molar-refractivity contribution in [3.63, 3.8) is 0 Å². The van der Waals surface area contributed by atoms with E-state index in [1.54, 1.807) is 11.3 Å². The van der Waals surface area contributed by atoms with Crippen molar-refractivity contribution in [1.82, 2.24) is 10.2 Å². The Kier molecular flexibility index (Phi) is 6.12. The molecular formula is C19H30N2OS. The lowest BCUT2D eigenvalue weighted by Gasteiger charge is -2.31. The number of aryl methyl sites for hydroxylation is 1. The molecule has 0 atom stereocenters. The highest BCUT2D eigenvalue weighted by molar-refractivity contribution is 7.10. The second-order valence-electron chi connectivity index (χ2n) is 7.14. The fraction of sp³-hybridized carbons (Fsp3) is 0.737. The summed E-state index contributed by atoms with van der Waals surface area (Å²) in [5.41, 5.74) is 2.29. The van der Waals surface area contributed by atoms with Crippen LogP contribution in [0.5, 0.6) is 0 Å². The molecule has 1 aromatic rings. The first-order chi connectivity index (χ1) is 11.3. The van der Waals surface area contributed by atoms with Gasteiger partial charge in [-0.1, -0.05) is 25.7 Å². The topological polar surface area (TPSA) is 32.3 Å². The maximum atomic E-state index is 12.5. The SMILES string of the molecule is CN(CCNC(=O)c1csc2c1CCCCC2)C1CCCCC1. The molecule has 0 bridgehead atoms. The zero-order chi connectivity index (χ0) is 16.1. The van der Waals surface area contributed by atoms with Crippen molar-refractivity contribution in [2.24, 2.45) is 0 Å². The molecule has 1 fully saturated rings. The minimum absolute atomic E-state index is 0.140. The number of hydrogen-bond acceptors (Lipinski definition) is 3. The monoisotopic (exact) mass is 334 g/mol. The molecule has 3 rings (SSSR count). The maximum Gasteiger partial charge on any atom is 0.252 e. The third-order valence-corrected chi connectivity index (χ3v) is 6.59. The van der Waals surface area contributed by atoms with Crippen molar-refractivity contribution in [3.05, 3.63) is 21.4 Å². The number of fused-ring (bicyclic) bond motifs is 1. The second-order valence-corrected chi connectivity index (χ2v) is 8.10. The highest BCUT2D eigenvalue weighted by Gasteiger charge is 2.20. The number of thiophene rings is 1. The summed E-state index contributed by atoms with van der Waals surface area (Å²) in [6, 6.07) is 0.720. The highest BCUT2D eigenvalue weighted by Crippen LogP contribution is 2.29. The average Bonchev–Trinajstić information content (AvgIpc) is 2.84. The van der Waals surface area contributed by atoms with E-state index in [9.17, 15) is 4.79 Å². The van der Waals surface area contributed by atoms with Gasteiger partial charge in [-0.3, -0.25) is 4.79 Å². The van der Waals surface area contributed by atoms with Gasteiger partial charge >= 0.3 is 0 Å². The summed E-state index contributed by atoms with van der Waals surface area (Å²) in [4.78, 5) is 16.4. The maximum absolute atomic E-state index is 12.5. The van der Waals surface area contributed by atoms with Gasteiger partial charge < -0.3 is 10.2 Å². The molecule has 4 heteroatoms. The first-order valence-electron chi connectivity index (χ1n) is 9.33. The zero-order valence-electron chi connectivity index (χ0n) is 14.4. The van der Waals surface area contributed by atoms with Gasteiger partial charge in [0.05, 0.1) is 5.56 Å². The Balaban J connectivity index is 1.49. The quantitative estimate of drug-likeness (QED) is 0.825. The predicted octanol–water partition coefficient (Wildman–Crippen LogP) is 4.01. The van der Waals surface area contributed by atoms with Gasteiger partial charge in [0.1, 0.15) is 0 Å². The molecule has 23 heavy (non-hydrogen) atoms. The normalized spacial score (nSPS) is 19.4. The molecule has 0 unspecified atom stereocenters. The van der Waals surface area contributed by atoms with Gasteiger partial charge in [0.15, 0.2) is 0 Å². The first kappa shape index (κ1) is 17.0. The van der Waals surface area contributed by atoms with E-state index in [4.69, 9.17) is 0 Å². The van der Waals surface area contributed by atoms with Crippen molar-refractivity contribution in [1.29, 1.82) is 0 Å². The molecule has 1 aromatic heterocycles. The molecule has 1 saturated carbocycles. The lowest BCUT2D eigenvalue weighted by Crippen LogP contribution is -2.39. The fourth-order valence-electron chi connectivity index (χ4n) is 4.01. The Morgan fingerprint density at radius 2 is 1.91 bits per heavy atom. The number of nitrogens with one attached hydrogen (secondary N) is 1. The van der Waals surface area contributed by atoms with Crippen molar-refractivity contribution in [3.8, 4) is 0 Å². The summed E-state index contributed by atoms with van der Waals surface area (Å²) in [7, 11) is 2.21. The van der Waals surface area contributed by atoms with Crippen LogP contribution in [-0.2, 0) is 12.8 Å². The lowest BCUT2D eigenvalue weighted by atomic mass is 9.94. The molecular weight excluding hydrogens is 304 g/mol. The summed E-state index contributed by atoms with van der Waals surface area (Å²) in [6.45, 7) is 1.72. The molecule has 1 heterocycles. The summed E-state index contributed by atoms with van der Waals surface area (Å²) in [5, 5.41) is 5.23. The first-order valence-corrected chi connectivity index (χ1v) is 10.2. The standard InChI is InChI=1S/C19H30N2OS/c1-21(15-8-4-2-5-9-15)13-12-20-19(22)17-14-23-18-11-7-3-6-10-16(17)18/h14-15H,2-13H2,1H3,(H,20,22). The van der Waals surface area contributed by atoms with Gasteiger partial charge in [0.2, 0.25) is 0 Å². The van der Waals surface area contributed by atoms with Crippen LogP contribution >= 0.6 is 11.3 Å². The van der Waals surface area contributed by atoms with Crippen LogP contribution < -0.4 is 5.32 Å². The van der Waals surface area contributed by atoms with E-state index >= 15 is 0 Å². The summed E-state index contributed by atoms with van der Waals surface area (Å²) in [6.07, 6.45) is 12.8. The van der Waals surface area contributed by atoms with Gasteiger partial charge in [0, 0.05) is 29.4 Å². The van der Waals surface area contributed by atoms with Crippen molar-refractivity contribution in [2.75, 3.05) is 20.1 Å². The van der Waals surface area contributed by atoms with E-state index in [2.05, 4.69) is 22.6 Å². The van der Waals surface area contributed by atoms with Crippen LogP contribution in [0.15, 0.2) is 5.38 Å². The minimum atomic E-state index is 0.140. The van der Waals surface area contributed by atoms with Gasteiger partial charge in [-0.2, -0.15) is 0 Å². The zero-order valence-corrected chi connectivity index (χ0v) is 15.2. The highest BCUT2D eigenvalue weighted by atomic mass is 32.1. The fourth-order valence-corrected chi connectivity index (χ4v) is 5.13. The number of amides is 1. The van der Waals surface area contributed by atoms with Crippen molar-refractivity contribution >= 4 is 17.2 Å². The number of likely N-dealkylation sites (N-methyl/N-ethyl adjacent to an activating group) is 1. The summed E-state index contributed by atoms with van der Waals surface area (Å²) >= 11 is 1.78. The Morgan fingerprint density at radius 3 is 2.74 bits per heavy atom. The molecule has 2 aliphatic carbocycles. The van der Waals surface area contributed by atoms with E-state index in [1.165, 1.54) is 61.8 Å².